The molecule has 162 valence electrons. The third-order valence-corrected chi connectivity index (χ3v) is 6.67. The summed E-state index contributed by atoms with van der Waals surface area (Å²) in [6.45, 7) is 1.89. The fourth-order valence-electron chi connectivity index (χ4n) is 2.93. The molecule has 0 atom stereocenters. The number of nitrogens with zero attached hydrogens (tertiary/aromatic N) is 1. The minimum atomic E-state index is -0.236. The van der Waals surface area contributed by atoms with Crippen LogP contribution in [0.15, 0.2) is 77.1 Å². The minimum absolute atomic E-state index is 0.0676. The van der Waals surface area contributed by atoms with E-state index in [1.165, 1.54) is 23.1 Å². The molecule has 0 aliphatic carbocycles. The van der Waals surface area contributed by atoms with Crippen molar-refractivity contribution in [3.8, 4) is 5.75 Å². The Hall–Kier alpha value is -3.36. The Balaban J connectivity index is 1.32. The van der Waals surface area contributed by atoms with Crippen LogP contribution in [0.25, 0.3) is 10.2 Å². The number of para-hydroxylation sites is 2. The first-order valence-electron chi connectivity index (χ1n) is 9.93. The maximum atomic E-state index is 12.3. The molecule has 0 radical (unpaired) electrons. The Labute approximate surface area is 194 Å². The number of thioether (sulfide) groups is 1. The average molecular weight is 464 g/mol. The van der Waals surface area contributed by atoms with E-state index in [9.17, 15) is 9.59 Å². The maximum absolute atomic E-state index is 12.3. The lowest BCUT2D eigenvalue weighted by molar-refractivity contribution is -0.118. The number of ether oxygens (including phenoxy) is 1. The molecule has 0 aliphatic heterocycles. The summed E-state index contributed by atoms with van der Waals surface area (Å²) in [4.78, 5) is 29.0. The van der Waals surface area contributed by atoms with Crippen molar-refractivity contribution in [1.82, 2.24) is 4.98 Å². The summed E-state index contributed by atoms with van der Waals surface area (Å²) in [6.07, 6.45) is 0. The number of aromatic nitrogens is 1. The van der Waals surface area contributed by atoms with Gasteiger partial charge in [0.15, 0.2) is 10.9 Å². The fraction of sp³-hybridized carbons (Fsp3) is 0.125. The molecule has 0 saturated heterocycles. The molecule has 0 aliphatic rings. The molecule has 6 nitrogen and oxygen atoms in total. The number of nitrogens with one attached hydrogen (secondary N) is 2. The number of aryl methyl sites for hydroxylation is 1. The second kappa shape index (κ2) is 10.3. The van der Waals surface area contributed by atoms with Crippen molar-refractivity contribution in [3.63, 3.8) is 0 Å². The van der Waals surface area contributed by atoms with Crippen LogP contribution in [0.2, 0.25) is 0 Å². The number of rotatable bonds is 8. The third kappa shape index (κ3) is 5.87. The van der Waals surface area contributed by atoms with Gasteiger partial charge in [-0.15, -0.1) is 11.3 Å². The van der Waals surface area contributed by atoms with Gasteiger partial charge in [-0.3, -0.25) is 9.59 Å². The predicted molar refractivity (Wildman–Crippen MR) is 131 cm³/mol. The number of hydrogen-bond donors (Lipinski definition) is 2. The van der Waals surface area contributed by atoms with Crippen LogP contribution in [0, 0.1) is 6.92 Å². The van der Waals surface area contributed by atoms with Crippen molar-refractivity contribution in [3.05, 3.63) is 78.4 Å². The minimum Gasteiger partial charge on any atom is -0.484 e. The standard InChI is InChI=1S/C24H21N3O3S2/c1-16-7-5-6-10-19(16)26-23(29)15-31-24-27-20-12-11-17(13-21(20)32-24)25-22(28)14-30-18-8-3-2-4-9-18/h2-13H,14-15H2,1H3,(H,25,28)(H,26,29). The van der Waals surface area contributed by atoms with Gasteiger partial charge in [-0.25, -0.2) is 4.98 Å². The highest BCUT2D eigenvalue weighted by molar-refractivity contribution is 8.01. The number of amides is 2. The molecule has 3 aromatic carbocycles. The van der Waals surface area contributed by atoms with Gasteiger partial charge in [-0.2, -0.15) is 0 Å². The van der Waals surface area contributed by atoms with Crippen molar-refractivity contribution in [1.29, 1.82) is 0 Å². The number of hydrogen-bond acceptors (Lipinski definition) is 6. The molecule has 0 spiro atoms. The van der Waals surface area contributed by atoms with Crippen LogP contribution in [0.1, 0.15) is 5.56 Å². The van der Waals surface area contributed by atoms with Gasteiger partial charge >= 0.3 is 0 Å². The van der Waals surface area contributed by atoms with Crippen LogP contribution in [0.3, 0.4) is 0 Å². The topological polar surface area (TPSA) is 80.3 Å². The number of carbonyl (C=O) groups is 2. The van der Waals surface area contributed by atoms with E-state index in [4.69, 9.17) is 4.74 Å². The number of thiazole rings is 1. The molecule has 4 rings (SSSR count). The van der Waals surface area contributed by atoms with E-state index in [0.29, 0.717) is 11.4 Å². The molecule has 0 unspecified atom stereocenters. The highest BCUT2D eigenvalue weighted by atomic mass is 32.2. The summed E-state index contributed by atoms with van der Waals surface area (Å²) >= 11 is 2.88. The SMILES string of the molecule is Cc1ccccc1NC(=O)CSc1nc2ccc(NC(=O)COc3ccccc3)cc2s1. The van der Waals surface area contributed by atoms with Gasteiger partial charge in [-0.05, 0) is 48.9 Å². The zero-order chi connectivity index (χ0) is 22.3. The lowest BCUT2D eigenvalue weighted by Gasteiger charge is -2.07. The average Bonchev–Trinajstić information content (AvgIpc) is 3.21. The number of anilines is 2. The molecule has 0 bridgehead atoms. The molecule has 2 N–H and O–H groups in total. The van der Waals surface area contributed by atoms with E-state index in [1.807, 2.05) is 67.6 Å². The van der Waals surface area contributed by atoms with Crippen molar-refractivity contribution in [2.45, 2.75) is 11.3 Å². The predicted octanol–water partition coefficient (Wildman–Crippen LogP) is 5.35. The van der Waals surface area contributed by atoms with E-state index in [2.05, 4.69) is 15.6 Å². The van der Waals surface area contributed by atoms with Gasteiger partial charge in [0, 0.05) is 11.4 Å². The van der Waals surface area contributed by atoms with Gasteiger partial charge in [-0.1, -0.05) is 48.2 Å². The Bertz CT molecular complexity index is 1240. The normalized spacial score (nSPS) is 10.7. The quantitative estimate of drug-likeness (QED) is 0.344. The van der Waals surface area contributed by atoms with Crippen molar-refractivity contribution in [2.24, 2.45) is 0 Å². The first-order valence-corrected chi connectivity index (χ1v) is 11.7. The second-order valence-corrected chi connectivity index (χ2v) is 9.22. The van der Waals surface area contributed by atoms with Crippen LogP contribution >= 0.6 is 23.1 Å². The number of fused-ring (bicyclic) bond motifs is 1. The van der Waals surface area contributed by atoms with E-state index >= 15 is 0 Å². The molecular formula is C24H21N3O3S2. The van der Waals surface area contributed by atoms with Gasteiger partial charge in [0.2, 0.25) is 5.91 Å². The van der Waals surface area contributed by atoms with Gasteiger partial charge < -0.3 is 15.4 Å². The van der Waals surface area contributed by atoms with Crippen LogP contribution in [-0.2, 0) is 9.59 Å². The van der Waals surface area contributed by atoms with E-state index in [0.717, 1.165) is 25.8 Å². The molecule has 2 amide bonds. The Morgan fingerprint density at radius 3 is 2.56 bits per heavy atom. The lowest BCUT2D eigenvalue weighted by Crippen LogP contribution is -2.20. The maximum Gasteiger partial charge on any atom is 0.262 e. The van der Waals surface area contributed by atoms with Crippen LogP contribution in [0.4, 0.5) is 11.4 Å². The largest absolute Gasteiger partial charge is 0.484 e. The monoisotopic (exact) mass is 463 g/mol. The van der Waals surface area contributed by atoms with Crippen LogP contribution < -0.4 is 15.4 Å². The summed E-state index contributed by atoms with van der Waals surface area (Å²) in [7, 11) is 0. The highest BCUT2D eigenvalue weighted by Crippen LogP contribution is 2.31. The molecule has 32 heavy (non-hydrogen) atoms. The molecule has 8 heteroatoms. The molecule has 1 heterocycles. The van der Waals surface area contributed by atoms with E-state index in [1.54, 1.807) is 12.1 Å². The van der Waals surface area contributed by atoms with Gasteiger partial charge in [0.05, 0.1) is 16.0 Å². The number of carbonyl (C=O) groups excluding carboxylic acids is 2. The third-order valence-electron chi connectivity index (χ3n) is 4.51. The zero-order valence-electron chi connectivity index (χ0n) is 17.3. The summed E-state index contributed by atoms with van der Waals surface area (Å²) in [5.41, 5.74) is 3.35. The Kier molecular flexibility index (Phi) is 7.03. The van der Waals surface area contributed by atoms with Crippen molar-refractivity contribution >= 4 is 56.5 Å². The molecule has 4 aromatic rings. The number of benzene rings is 3. The van der Waals surface area contributed by atoms with E-state index in [-0.39, 0.29) is 24.2 Å². The van der Waals surface area contributed by atoms with Crippen molar-refractivity contribution in [2.75, 3.05) is 23.0 Å². The highest BCUT2D eigenvalue weighted by Gasteiger charge is 2.11. The Morgan fingerprint density at radius 1 is 0.969 bits per heavy atom. The second-order valence-electron chi connectivity index (χ2n) is 6.96. The lowest BCUT2D eigenvalue weighted by atomic mass is 10.2. The summed E-state index contributed by atoms with van der Waals surface area (Å²) < 4.78 is 7.21. The smallest absolute Gasteiger partial charge is 0.262 e. The van der Waals surface area contributed by atoms with Crippen molar-refractivity contribution < 1.29 is 14.3 Å². The van der Waals surface area contributed by atoms with Crippen LogP contribution in [-0.4, -0.2) is 29.2 Å². The molecular weight excluding hydrogens is 442 g/mol. The van der Waals surface area contributed by atoms with Crippen LogP contribution in [0.5, 0.6) is 5.75 Å². The van der Waals surface area contributed by atoms with Gasteiger partial charge in [0.25, 0.3) is 5.91 Å². The summed E-state index contributed by atoms with van der Waals surface area (Å²) in [6, 6.07) is 22.4. The summed E-state index contributed by atoms with van der Waals surface area (Å²) in [5, 5.41) is 5.77. The Morgan fingerprint density at radius 2 is 1.75 bits per heavy atom. The first kappa shape index (κ1) is 21.9. The molecule has 0 saturated carbocycles. The molecule has 1 aromatic heterocycles. The zero-order valence-corrected chi connectivity index (χ0v) is 19.0. The van der Waals surface area contributed by atoms with E-state index < -0.39 is 0 Å². The summed E-state index contributed by atoms with van der Waals surface area (Å²) in [5.74, 6) is 0.609. The first-order chi connectivity index (χ1) is 15.6. The van der Waals surface area contributed by atoms with Gasteiger partial charge in [0.1, 0.15) is 5.75 Å². The fourth-order valence-corrected chi connectivity index (χ4v) is 4.84. The molecule has 0 fully saturated rings.